The summed E-state index contributed by atoms with van der Waals surface area (Å²) in [4.78, 5) is 0. The lowest BCUT2D eigenvalue weighted by molar-refractivity contribution is 0.108. The SMILES string of the molecule is CC.Cc1c(CC2CCC(O)CC2)ccc(CC2CCC(CC3CCC(C)CC3)CC2)c1F. The van der Waals surface area contributed by atoms with Gasteiger partial charge in [-0.3, -0.25) is 0 Å². The standard InChI is InChI=1S/C29H45FO.C2H6/c1-20-3-5-22(6-4-20)17-23-7-9-24(10-8-23)19-27-14-13-26(21(2)29(27)30)18-25-11-15-28(31)16-12-25;1-2/h13-14,20,22-25,28,31H,3-12,15-19H2,1-2H3;1-2H3. The second-order valence-corrected chi connectivity index (χ2v) is 11.7. The van der Waals surface area contributed by atoms with Crippen molar-refractivity contribution in [3.8, 4) is 0 Å². The van der Waals surface area contributed by atoms with Crippen LogP contribution in [0.15, 0.2) is 12.1 Å². The fourth-order valence-electron chi connectivity index (χ4n) is 6.84. The summed E-state index contributed by atoms with van der Waals surface area (Å²) in [6, 6.07) is 4.29. The molecule has 0 spiro atoms. The van der Waals surface area contributed by atoms with Gasteiger partial charge in [0.15, 0.2) is 0 Å². The quantitative estimate of drug-likeness (QED) is 0.451. The third-order valence-electron chi connectivity index (χ3n) is 9.18. The van der Waals surface area contributed by atoms with Crippen LogP contribution in [-0.4, -0.2) is 11.2 Å². The Hall–Kier alpha value is -0.890. The second-order valence-electron chi connectivity index (χ2n) is 11.7. The van der Waals surface area contributed by atoms with E-state index < -0.39 is 0 Å². The number of rotatable bonds is 6. The molecule has 0 saturated heterocycles. The van der Waals surface area contributed by atoms with Crippen molar-refractivity contribution in [1.29, 1.82) is 0 Å². The van der Waals surface area contributed by atoms with Crippen LogP contribution in [0.1, 0.15) is 121 Å². The average Bonchev–Trinajstić information content (AvgIpc) is 2.84. The largest absolute Gasteiger partial charge is 0.393 e. The smallest absolute Gasteiger partial charge is 0.129 e. The molecule has 0 aliphatic heterocycles. The summed E-state index contributed by atoms with van der Waals surface area (Å²) in [5, 5.41) is 9.73. The van der Waals surface area contributed by atoms with E-state index in [4.69, 9.17) is 0 Å². The van der Waals surface area contributed by atoms with E-state index in [1.54, 1.807) is 0 Å². The van der Waals surface area contributed by atoms with Crippen molar-refractivity contribution in [3.05, 3.63) is 34.6 Å². The van der Waals surface area contributed by atoms with Gasteiger partial charge in [-0.2, -0.15) is 0 Å². The highest BCUT2D eigenvalue weighted by Gasteiger charge is 2.27. The number of aliphatic hydroxyl groups is 1. The van der Waals surface area contributed by atoms with Crippen LogP contribution in [0.2, 0.25) is 0 Å². The number of hydrogen-bond acceptors (Lipinski definition) is 1. The predicted octanol–water partition coefficient (Wildman–Crippen LogP) is 8.82. The van der Waals surface area contributed by atoms with Gasteiger partial charge in [-0.1, -0.05) is 71.4 Å². The highest BCUT2D eigenvalue weighted by molar-refractivity contribution is 5.33. The van der Waals surface area contributed by atoms with Crippen LogP contribution in [0.5, 0.6) is 0 Å². The lowest BCUT2D eigenvalue weighted by atomic mass is 9.72. The molecule has 0 atom stereocenters. The minimum atomic E-state index is -0.113. The van der Waals surface area contributed by atoms with Crippen molar-refractivity contribution < 1.29 is 9.50 Å². The molecule has 3 aliphatic carbocycles. The molecule has 188 valence electrons. The zero-order valence-corrected chi connectivity index (χ0v) is 22.1. The molecule has 0 bridgehead atoms. The third kappa shape index (κ3) is 7.81. The molecule has 0 heterocycles. The molecule has 3 saturated carbocycles. The fraction of sp³-hybridized carbons (Fsp3) is 0.806. The van der Waals surface area contributed by atoms with E-state index in [9.17, 15) is 5.11 Å². The van der Waals surface area contributed by atoms with Gasteiger partial charge in [0, 0.05) is 0 Å². The van der Waals surface area contributed by atoms with E-state index in [1.807, 2.05) is 20.8 Å². The third-order valence-corrected chi connectivity index (χ3v) is 9.18. The van der Waals surface area contributed by atoms with Crippen LogP contribution in [0, 0.1) is 42.3 Å². The normalized spacial score (nSPS) is 32.7. The molecule has 1 nitrogen and oxygen atoms in total. The topological polar surface area (TPSA) is 20.2 Å². The first-order chi connectivity index (χ1) is 16.0. The molecule has 1 aromatic rings. The predicted molar refractivity (Wildman–Crippen MR) is 139 cm³/mol. The number of hydrogen-bond donors (Lipinski definition) is 1. The summed E-state index contributed by atoms with van der Waals surface area (Å²) in [5.74, 6) is 4.20. The molecular weight excluding hydrogens is 407 g/mol. The summed E-state index contributed by atoms with van der Waals surface area (Å²) < 4.78 is 15.2. The summed E-state index contributed by atoms with van der Waals surface area (Å²) in [7, 11) is 0. The van der Waals surface area contributed by atoms with Crippen molar-refractivity contribution in [2.75, 3.05) is 0 Å². The van der Waals surface area contributed by atoms with Gasteiger partial charge in [0.1, 0.15) is 5.82 Å². The maximum absolute atomic E-state index is 15.2. The minimum Gasteiger partial charge on any atom is -0.393 e. The lowest BCUT2D eigenvalue weighted by Gasteiger charge is -2.33. The first kappa shape index (κ1) is 26.7. The maximum atomic E-state index is 15.2. The molecule has 33 heavy (non-hydrogen) atoms. The summed E-state index contributed by atoms with van der Waals surface area (Å²) in [6.45, 7) is 8.39. The first-order valence-corrected chi connectivity index (χ1v) is 14.4. The van der Waals surface area contributed by atoms with E-state index >= 15 is 4.39 Å². The Kier molecular flexibility index (Phi) is 10.7. The number of benzene rings is 1. The second kappa shape index (κ2) is 13.3. The van der Waals surface area contributed by atoms with Crippen LogP contribution in [0.3, 0.4) is 0 Å². The minimum absolute atomic E-state index is 0.0618. The van der Waals surface area contributed by atoms with Gasteiger partial charge in [0.2, 0.25) is 0 Å². The van der Waals surface area contributed by atoms with Gasteiger partial charge in [0.25, 0.3) is 0 Å². The molecule has 0 radical (unpaired) electrons. The highest BCUT2D eigenvalue weighted by atomic mass is 19.1. The molecule has 1 aromatic carbocycles. The number of aliphatic hydroxyl groups excluding tert-OH is 1. The van der Waals surface area contributed by atoms with Crippen LogP contribution in [0.4, 0.5) is 4.39 Å². The lowest BCUT2D eigenvalue weighted by Crippen LogP contribution is -2.21. The van der Waals surface area contributed by atoms with Gasteiger partial charge < -0.3 is 5.11 Å². The van der Waals surface area contributed by atoms with E-state index in [0.717, 1.165) is 67.4 Å². The molecule has 3 fully saturated rings. The Balaban J connectivity index is 0.00000149. The van der Waals surface area contributed by atoms with Gasteiger partial charge in [-0.05, 0) is 111 Å². The monoisotopic (exact) mass is 458 g/mol. The van der Waals surface area contributed by atoms with Crippen molar-refractivity contribution in [2.24, 2.45) is 29.6 Å². The molecule has 2 heteroatoms. The van der Waals surface area contributed by atoms with Gasteiger partial charge >= 0.3 is 0 Å². The van der Waals surface area contributed by atoms with Crippen LogP contribution < -0.4 is 0 Å². The Morgan fingerprint density at radius 1 is 0.697 bits per heavy atom. The summed E-state index contributed by atoms with van der Waals surface area (Å²) >= 11 is 0. The van der Waals surface area contributed by atoms with Gasteiger partial charge in [0.05, 0.1) is 6.10 Å². The van der Waals surface area contributed by atoms with Crippen molar-refractivity contribution in [3.63, 3.8) is 0 Å². The highest BCUT2D eigenvalue weighted by Crippen LogP contribution is 2.39. The first-order valence-electron chi connectivity index (χ1n) is 14.4. The molecule has 3 aliphatic rings. The Morgan fingerprint density at radius 2 is 1.12 bits per heavy atom. The van der Waals surface area contributed by atoms with Crippen LogP contribution in [0.25, 0.3) is 0 Å². The van der Waals surface area contributed by atoms with Crippen molar-refractivity contribution >= 4 is 0 Å². The van der Waals surface area contributed by atoms with E-state index in [0.29, 0.717) is 11.8 Å². The van der Waals surface area contributed by atoms with Crippen LogP contribution in [-0.2, 0) is 12.8 Å². The van der Waals surface area contributed by atoms with Gasteiger partial charge in [-0.15, -0.1) is 0 Å². The van der Waals surface area contributed by atoms with E-state index in [-0.39, 0.29) is 11.9 Å². The molecule has 0 aromatic heterocycles. The average molecular weight is 459 g/mol. The van der Waals surface area contributed by atoms with E-state index in [2.05, 4.69) is 19.1 Å². The molecule has 0 amide bonds. The van der Waals surface area contributed by atoms with Gasteiger partial charge in [-0.25, -0.2) is 4.39 Å². The zero-order valence-electron chi connectivity index (χ0n) is 22.1. The van der Waals surface area contributed by atoms with Crippen molar-refractivity contribution in [2.45, 2.75) is 130 Å². The summed E-state index contributed by atoms with van der Waals surface area (Å²) in [5.41, 5.74) is 3.02. The molecular formula is C31H51FO. The fourth-order valence-corrected chi connectivity index (χ4v) is 6.84. The van der Waals surface area contributed by atoms with Crippen LogP contribution >= 0.6 is 0 Å². The number of halogens is 1. The van der Waals surface area contributed by atoms with Crippen molar-refractivity contribution in [1.82, 2.24) is 0 Å². The Bertz CT molecular complexity index is 689. The Morgan fingerprint density at radius 3 is 1.70 bits per heavy atom. The molecule has 0 unspecified atom stereocenters. The molecule has 1 N–H and O–H groups in total. The Labute approximate surface area is 204 Å². The summed E-state index contributed by atoms with van der Waals surface area (Å²) in [6.07, 6.45) is 18.3. The maximum Gasteiger partial charge on any atom is 0.129 e. The van der Waals surface area contributed by atoms with E-state index in [1.165, 1.54) is 63.4 Å². The zero-order chi connectivity index (χ0) is 23.8. The molecule has 4 rings (SSSR count).